The first-order valence-corrected chi connectivity index (χ1v) is 3.28. The van der Waals surface area contributed by atoms with Crippen LogP contribution in [0.15, 0.2) is 0 Å². The van der Waals surface area contributed by atoms with Gasteiger partial charge in [-0.15, -0.1) is 0 Å². The quantitative estimate of drug-likeness (QED) is 0.471. The van der Waals surface area contributed by atoms with E-state index in [1.54, 1.807) is 13.8 Å². The summed E-state index contributed by atoms with van der Waals surface area (Å²) < 4.78 is 0. The Morgan fingerprint density at radius 2 is 1.80 bits per heavy atom. The van der Waals surface area contributed by atoms with Crippen molar-refractivity contribution in [3.8, 4) is 0 Å². The summed E-state index contributed by atoms with van der Waals surface area (Å²) in [5, 5.41) is 19.2. The van der Waals surface area contributed by atoms with E-state index in [1.807, 2.05) is 0 Å². The summed E-state index contributed by atoms with van der Waals surface area (Å²) in [5.41, 5.74) is 0. The molecule has 0 aromatic heterocycles. The number of aliphatic hydroxyl groups is 1. The average Bonchev–Trinajstić information content (AvgIpc) is 1.84. The maximum atomic E-state index is 10.1. The molecule has 60 valence electrons. The monoisotopic (exact) mass is 147 g/mol. The molecule has 0 fully saturated rings. The molecule has 0 aliphatic rings. The molecular formula is C6H13NO3. The summed E-state index contributed by atoms with van der Waals surface area (Å²) in [4.78, 5) is 9.62. The van der Waals surface area contributed by atoms with E-state index in [4.69, 9.17) is 5.11 Å². The first-order chi connectivity index (χ1) is 4.46. The molecule has 0 aromatic carbocycles. The van der Waals surface area contributed by atoms with Gasteiger partial charge in [-0.3, -0.25) is 10.1 Å². The minimum Gasteiger partial charge on any atom is -0.386 e. The largest absolute Gasteiger partial charge is 0.386 e. The predicted molar refractivity (Wildman–Crippen MR) is 37.3 cm³/mol. The van der Waals surface area contributed by atoms with E-state index < -0.39 is 17.1 Å². The topological polar surface area (TPSA) is 63.4 Å². The van der Waals surface area contributed by atoms with E-state index >= 15 is 0 Å². The van der Waals surface area contributed by atoms with Crippen LogP contribution in [-0.4, -0.2) is 22.2 Å². The number of nitrogens with zero attached hydrogens (tertiary/aromatic N) is 1. The lowest BCUT2D eigenvalue weighted by atomic mass is 10.0. The second-order valence-corrected chi connectivity index (χ2v) is 2.76. The molecular weight excluding hydrogens is 134 g/mol. The zero-order valence-corrected chi connectivity index (χ0v) is 6.44. The normalized spacial score (nSPS) is 16.9. The number of hydrogen-bond acceptors (Lipinski definition) is 3. The summed E-state index contributed by atoms with van der Waals surface area (Å²) in [6, 6.07) is -0.861. The highest BCUT2D eigenvalue weighted by atomic mass is 16.6. The third-order valence-electron chi connectivity index (χ3n) is 1.51. The maximum Gasteiger partial charge on any atom is 0.236 e. The minimum absolute atomic E-state index is 0.0552. The van der Waals surface area contributed by atoms with Crippen LogP contribution in [0.2, 0.25) is 0 Å². The average molecular weight is 147 g/mol. The lowest BCUT2D eigenvalue weighted by Gasteiger charge is -2.14. The van der Waals surface area contributed by atoms with Gasteiger partial charge in [-0.2, -0.15) is 0 Å². The first kappa shape index (κ1) is 9.36. The Morgan fingerprint density at radius 3 is 1.90 bits per heavy atom. The van der Waals surface area contributed by atoms with Gasteiger partial charge in [-0.05, 0) is 5.92 Å². The maximum absolute atomic E-state index is 10.1. The van der Waals surface area contributed by atoms with Gasteiger partial charge in [0.2, 0.25) is 6.04 Å². The fourth-order valence-electron chi connectivity index (χ4n) is 0.682. The van der Waals surface area contributed by atoms with Crippen LogP contribution in [0.5, 0.6) is 0 Å². The van der Waals surface area contributed by atoms with Gasteiger partial charge in [0, 0.05) is 11.8 Å². The van der Waals surface area contributed by atoms with Gasteiger partial charge in [0.05, 0.1) is 0 Å². The summed E-state index contributed by atoms with van der Waals surface area (Å²) in [6.07, 6.45) is -0.838. The number of rotatable bonds is 3. The van der Waals surface area contributed by atoms with Crippen molar-refractivity contribution < 1.29 is 10.0 Å². The molecule has 0 unspecified atom stereocenters. The van der Waals surface area contributed by atoms with Crippen molar-refractivity contribution in [2.45, 2.75) is 32.9 Å². The van der Waals surface area contributed by atoms with Crippen molar-refractivity contribution in [3.63, 3.8) is 0 Å². The Balaban J connectivity index is 3.94. The van der Waals surface area contributed by atoms with Crippen LogP contribution in [0.25, 0.3) is 0 Å². The zero-order chi connectivity index (χ0) is 8.31. The third kappa shape index (κ3) is 2.31. The number of aliphatic hydroxyl groups excluding tert-OH is 1. The highest BCUT2D eigenvalue weighted by Crippen LogP contribution is 2.07. The standard InChI is InChI=1S/C6H13NO3/c1-4(2)6(8)5(3)7(9)10/h4-6,8H,1-3H3/t5-,6-/m1/s1. The highest BCUT2D eigenvalue weighted by molar-refractivity contribution is 4.65. The number of nitro groups is 1. The summed E-state index contributed by atoms with van der Waals surface area (Å²) in [7, 11) is 0. The van der Waals surface area contributed by atoms with Crippen LogP contribution >= 0.6 is 0 Å². The van der Waals surface area contributed by atoms with E-state index in [0.29, 0.717) is 0 Å². The molecule has 0 heterocycles. The molecule has 0 rings (SSSR count). The van der Waals surface area contributed by atoms with Crippen LogP contribution in [0.1, 0.15) is 20.8 Å². The highest BCUT2D eigenvalue weighted by Gasteiger charge is 2.26. The van der Waals surface area contributed by atoms with Crippen molar-refractivity contribution in [1.29, 1.82) is 0 Å². The molecule has 0 amide bonds. The van der Waals surface area contributed by atoms with Gasteiger partial charge in [-0.25, -0.2) is 0 Å². The van der Waals surface area contributed by atoms with E-state index in [1.165, 1.54) is 6.92 Å². The Labute approximate surface area is 60.0 Å². The van der Waals surface area contributed by atoms with Crippen molar-refractivity contribution in [2.24, 2.45) is 5.92 Å². The second-order valence-electron chi connectivity index (χ2n) is 2.76. The lowest BCUT2D eigenvalue weighted by Crippen LogP contribution is -2.34. The minimum atomic E-state index is -0.861. The summed E-state index contributed by atoms with van der Waals surface area (Å²) in [5.74, 6) is -0.0552. The van der Waals surface area contributed by atoms with E-state index in [-0.39, 0.29) is 5.92 Å². The summed E-state index contributed by atoms with van der Waals surface area (Å²) >= 11 is 0. The van der Waals surface area contributed by atoms with Crippen LogP contribution in [0.4, 0.5) is 0 Å². The molecule has 0 aliphatic heterocycles. The van der Waals surface area contributed by atoms with Gasteiger partial charge >= 0.3 is 0 Å². The fraction of sp³-hybridized carbons (Fsp3) is 1.00. The Hall–Kier alpha value is -0.640. The van der Waals surface area contributed by atoms with Crippen LogP contribution < -0.4 is 0 Å². The molecule has 0 aliphatic carbocycles. The first-order valence-electron chi connectivity index (χ1n) is 3.28. The third-order valence-corrected chi connectivity index (χ3v) is 1.51. The lowest BCUT2D eigenvalue weighted by molar-refractivity contribution is -0.531. The van der Waals surface area contributed by atoms with Gasteiger partial charge in [0.15, 0.2) is 0 Å². The smallest absolute Gasteiger partial charge is 0.236 e. The molecule has 0 saturated carbocycles. The van der Waals surface area contributed by atoms with Gasteiger partial charge in [0.25, 0.3) is 0 Å². The van der Waals surface area contributed by atoms with Crippen molar-refractivity contribution in [3.05, 3.63) is 10.1 Å². The molecule has 0 bridgehead atoms. The van der Waals surface area contributed by atoms with Crippen molar-refractivity contribution >= 4 is 0 Å². The van der Waals surface area contributed by atoms with Gasteiger partial charge in [0.1, 0.15) is 6.10 Å². The van der Waals surface area contributed by atoms with Crippen LogP contribution in [0.3, 0.4) is 0 Å². The van der Waals surface area contributed by atoms with E-state index in [0.717, 1.165) is 0 Å². The zero-order valence-electron chi connectivity index (χ0n) is 6.44. The fourth-order valence-corrected chi connectivity index (χ4v) is 0.682. The van der Waals surface area contributed by atoms with Gasteiger partial charge in [-0.1, -0.05) is 13.8 Å². The molecule has 0 aromatic rings. The molecule has 0 saturated heterocycles. The molecule has 4 nitrogen and oxygen atoms in total. The van der Waals surface area contributed by atoms with Crippen LogP contribution in [-0.2, 0) is 0 Å². The molecule has 2 atom stereocenters. The van der Waals surface area contributed by atoms with E-state index in [9.17, 15) is 10.1 Å². The SMILES string of the molecule is CC(C)[C@@H](O)[C@@H](C)[N+](=O)[O-]. The molecule has 4 heteroatoms. The van der Waals surface area contributed by atoms with E-state index in [2.05, 4.69) is 0 Å². The van der Waals surface area contributed by atoms with Crippen molar-refractivity contribution in [2.75, 3.05) is 0 Å². The van der Waals surface area contributed by atoms with Crippen molar-refractivity contribution in [1.82, 2.24) is 0 Å². The predicted octanol–water partition coefficient (Wildman–Crippen LogP) is 0.668. The Morgan fingerprint density at radius 1 is 1.40 bits per heavy atom. The Bertz CT molecular complexity index is 124. The molecule has 1 N–H and O–H groups in total. The molecule has 0 radical (unpaired) electrons. The second kappa shape index (κ2) is 3.51. The molecule has 10 heavy (non-hydrogen) atoms. The number of hydrogen-bond donors (Lipinski definition) is 1. The Kier molecular flexibility index (Phi) is 3.28. The molecule has 0 spiro atoms. The van der Waals surface area contributed by atoms with Gasteiger partial charge < -0.3 is 5.11 Å². The van der Waals surface area contributed by atoms with Crippen LogP contribution in [0, 0.1) is 16.0 Å². The summed E-state index contributed by atoms with van der Waals surface area (Å²) in [6.45, 7) is 4.92.